The molecule has 2 atom stereocenters. The van der Waals surface area contributed by atoms with Gasteiger partial charge in [0.2, 0.25) is 0 Å². The molecule has 5 rings (SSSR count). The van der Waals surface area contributed by atoms with Gasteiger partial charge in [-0.2, -0.15) is 0 Å². The van der Waals surface area contributed by atoms with Gasteiger partial charge in [-0.15, -0.1) is 12.1 Å². The summed E-state index contributed by atoms with van der Waals surface area (Å²) in [6.07, 6.45) is 0. The molecule has 0 radical (unpaired) electrons. The Balaban J connectivity index is 0.00000151. The van der Waals surface area contributed by atoms with Crippen LogP contribution in [-0.4, -0.2) is 8.42 Å². The van der Waals surface area contributed by atoms with Crippen LogP contribution in [0.25, 0.3) is 32.7 Å². The van der Waals surface area contributed by atoms with Crippen LogP contribution in [0.3, 0.4) is 0 Å². The molecule has 1 N–H and O–H groups in total. The van der Waals surface area contributed by atoms with Crippen molar-refractivity contribution >= 4 is 19.7 Å². The van der Waals surface area contributed by atoms with Gasteiger partial charge in [-0.1, -0.05) is 145 Å². The van der Waals surface area contributed by atoms with Crippen LogP contribution in [0.1, 0.15) is 28.8 Å². The number of halogens is 1. The minimum atomic E-state index is -3.93. The monoisotopic (exact) mass is 668 g/mol. The molecule has 5 aromatic rings. The van der Waals surface area contributed by atoms with Crippen molar-refractivity contribution in [3.05, 3.63) is 174 Å². The number of sulfonamides is 1. The second kappa shape index (κ2) is 15.8. The summed E-state index contributed by atoms with van der Waals surface area (Å²) in [5, 5.41) is 0. The van der Waals surface area contributed by atoms with E-state index in [1.165, 1.54) is 0 Å². The first-order valence-electron chi connectivity index (χ1n) is 12.6. The first-order valence-corrected chi connectivity index (χ1v) is 16.5. The van der Waals surface area contributed by atoms with Crippen molar-refractivity contribution in [2.75, 3.05) is 0 Å². The second-order valence-electron chi connectivity index (χ2n) is 9.23. The maximum atomic E-state index is 13.6. The number of nitrogens with one attached hydrogen (secondary N) is 1. The molecule has 5 aromatic carbocycles. The Morgan fingerprint density at radius 1 is 0.610 bits per heavy atom. The molecule has 210 valence electrons. The van der Waals surface area contributed by atoms with E-state index in [4.69, 9.17) is 5.73 Å². The Morgan fingerprint density at radius 3 is 1.44 bits per heavy atom. The van der Waals surface area contributed by atoms with E-state index in [0.29, 0.717) is 11.1 Å². The number of benzene rings is 5. The molecule has 0 aliphatic heterocycles. The smallest absolute Gasteiger partial charge is 0.0767 e. The summed E-state index contributed by atoms with van der Waals surface area (Å²) in [6, 6.07) is 42.6. The summed E-state index contributed by atoms with van der Waals surface area (Å²) in [7, 11) is 0.641. The van der Waals surface area contributed by atoms with E-state index >= 15 is 0 Å². The van der Waals surface area contributed by atoms with Crippen LogP contribution < -0.4 is 0 Å². The van der Waals surface area contributed by atoms with Crippen molar-refractivity contribution < 1.29 is 25.7 Å². The van der Waals surface area contributed by atoms with Crippen LogP contribution in [0.4, 0.5) is 0 Å². The maximum absolute atomic E-state index is 13.6. The number of hydrogen-bond donors (Lipinski definition) is 0. The number of nitrogens with zero attached hydrogens (tertiary/aromatic N) is 1. The third-order valence-corrected chi connectivity index (χ3v) is 7.69. The molecule has 0 aliphatic rings. The zero-order valence-electron chi connectivity index (χ0n) is 22.5. The van der Waals surface area contributed by atoms with Crippen LogP contribution in [0.5, 0.6) is 0 Å². The summed E-state index contributed by atoms with van der Waals surface area (Å²) in [4.78, 5) is 0. The van der Waals surface area contributed by atoms with Crippen LogP contribution in [0.2, 0.25) is 0 Å². The van der Waals surface area contributed by atoms with Gasteiger partial charge in [0.15, 0.2) is 0 Å². The van der Waals surface area contributed by atoms with E-state index in [0.717, 1.165) is 27.8 Å². The van der Waals surface area contributed by atoms with Crippen molar-refractivity contribution in [2.24, 2.45) is 0 Å². The number of hydrogen-bond acceptors (Lipinski definition) is 2. The fourth-order valence-electron chi connectivity index (χ4n) is 4.60. The van der Waals surface area contributed by atoms with Crippen LogP contribution in [-0.2, 0) is 33.1 Å². The van der Waals surface area contributed by atoms with Crippen molar-refractivity contribution in [2.45, 2.75) is 17.8 Å². The van der Waals surface area contributed by atoms with Crippen LogP contribution >= 0.6 is 9.69 Å². The summed E-state index contributed by atoms with van der Waals surface area (Å²) in [6.45, 7) is 0. The Morgan fingerprint density at radius 2 is 1.00 bits per heavy atom. The molecule has 41 heavy (non-hydrogen) atoms. The molecule has 7 heteroatoms. The van der Waals surface area contributed by atoms with E-state index < -0.39 is 22.1 Å². The third-order valence-electron chi connectivity index (χ3n) is 6.45. The summed E-state index contributed by atoms with van der Waals surface area (Å²) in [5.74, 6) is -0.252. The minimum absolute atomic E-state index is 0. The molecule has 0 saturated carbocycles. The van der Waals surface area contributed by atoms with Gasteiger partial charge in [0.05, 0.1) is 15.8 Å². The van der Waals surface area contributed by atoms with Crippen molar-refractivity contribution in [1.82, 2.24) is 0 Å². The molecule has 0 amide bonds. The predicted octanol–water partition coefficient (Wildman–Crippen LogP) is 9.90. The molecule has 0 heterocycles. The van der Waals surface area contributed by atoms with E-state index in [1.807, 2.05) is 151 Å². The Labute approximate surface area is 258 Å². The minimum Gasteiger partial charge on any atom is -0.672 e. The molecule has 0 bridgehead atoms. The average molecular weight is 668 g/mol. The first-order chi connectivity index (χ1) is 19.5. The van der Waals surface area contributed by atoms with E-state index in [1.54, 1.807) is 0 Å². The zero-order chi connectivity index (χ0) is 28.4. The molecular formula is C34H31ClN2O2RuS. The largest absolute Gasteiger partial charge is 0.672 e. The molecule has 2 unspecified atom stereocenters. The molecule has 0 spiro atoms. The molecular weight excluding hydrogens is 637 g/mol. The van der Waals surface area contributed by atoms with Gasteiger partial charge in [-0.3, -0.25) is 0 Å². The third kappa shape index (κ3) is 8.93. The topological polar surface area (TPSA) is 72.0 Å². The first kappa shape index (κ1) is 32.4. The van der Waals surface area contributed by atoms with Gasteiger partial charge in [-0.05, 0) is 33.9 Å². The van der Waals surface area contributed by atoms with Gasteiger partial charge in [0, 0.05) is 0 Å². The standard InChI is InChI=1S/C33H28N2O2S.CH3.ClH.Ru/c34-32(28-17-9-3-10-18-28)33(29-19-11-4-12-20-29)35-38(36,37)24-25-21-30(26-13-5-1-6-14-26)23-31(22-25)27-15-7-2-8-16-27;;;/h1-23,32-34H,24H2;1H3;1H;/q-2;-1;;+4/p-1. The molecule has 0 aromatic heterocycles. The average Bonchev–Trinajstić information content (AvgIpc) is 3.02. The van der Waals surface area contributed by atoms with Gasteiger partial charge in [0.25, 0.3) is 0 Å². The van der Waals surface area contributed by atoms with E-state index in [9.17, 15) is 8.42 Å². The molecule has 0 fully saturated rings. The van der Waals surface area contributed by atoms with Gasteiger partial charge >= 0.3 is 27.0 Å². The Kier molecular flexibility index (Phi) is 12.5. The Bertz CT molecular complexity index is 1530. The summed E-state index contributed by atoms with van der Waals surface area (Å²) < 4.78 is 31.5. The maximum Gasteiger partial charge on any atom is 0.0767 e. The van der Waals surface area contributed by atoms with Crippen molar-refractivity contribution in [1.29, 1.82) is 0 Å². The SMILES string of the molecule is [CH3-].[Cl][Ru+3].[NH-]C(c1ccccc1)C([N-]S(=O)(=O)Cc1cc(-c2ccccc2)cc(-c2ccccc2)c1)c1ccccc1. The zero-order valence-corrected chi connectivity index (χ0v) is 25.9. The van der Waals surface area contributed by atoms with Gasteiger partial charge < -0.3 is 17.9 Å². The summed E-state index contributed by atoms with van der Waals surface area (Å²) >= 11 is 1.82. The van der Waals surface area contributed by atoms with Crippen LogP contribution in [0.15, 0.2) is 140 Å². The van der Waals surface area contributed by atoms with E-state index in [-0.39, 0.29) is 13.2 Å². The fourth-order valence-corrected chi connectivity index (χ4v) is 5.85. The Hall–Kier alpha value is -3.12. The summed E-state index contributed by atoms with van der Waals surface area (Å²) in [5.41, 5.74) is 14.9. The van der Waals surface area contributed by atoms with E-state index in [2.05, 4.69) is 20.5 Å². The fraction of sp³-hybridized carbons (Fsp3) is 0.0882. The van der Waals surface area contributed by atoms with Crippen LogP contribution in [0, 0.1) is 7.43 Å². The quantitative estimate of drug-likeness (QED) is 0.116. The van der Waals surface area contributed by atoms with Gasteiger partial charge in [-0.25, -0.2) is 8.42 Å². The van der Waals surface area contributed by atoms with Crippen molar-refractivity contribution in [3.63, 3.8) is 0 Å². The normalized spacial score (nSPS) is 12.2. The van der Waals surface area contributed by atoms with Gasteiger partial charge in [0.1, 0.15) is 0 Å². The molecule has 0 saturated heterocycles. The van der Waals surface area contributed by atoms with Crippen molar-refractivity contribution in [3.8, 4) is 22.3 Å². The second-order valence-corrected chi connectivity index (χ2v) is 10.9. The number of rotatable bonds is 9. The molecule has 0 aliphatic carbocycles. The molecule has 4 nitrogen and oxygen atoms in total. The predicted molar refractivity (Wildman–Crippen MR) is 168 cm³/mol.